The second kappa shape index (κ2) is 10.8. The average molecular weight is 431 g/mol. The third kappa shape index (κ3) is 8.58. The molecule has 0 unspecified atom stereocenters. The van der Waals surface area contributed by atoms with Crippen molar-refractivity contribution in [2.45, 2.75) is 12.8 Å². The van der Waals surface area contributed by atoms with Crippen LogP contribution in [0.2, 0.25) is 0 Å². The van der Waals surface area contributed by atoms with Crippen LogP contribution in [-0.4, -0.2) is 47.2 Å². The highest BCUT2D eigenvalue weighted by atomic mass is 79.9. The van der Waals surface area contributed by atoms with Crippen molar-refractivity contribution in [2.24, 2.45) is 0 Å². The maximum atomic E-state index is 8.55. The maximum Gasteiger partial charge on any atom is 0.106 e. The van der Waals surface area contributed by atoms with Crippen molar-refractivity contribution >= 4 is 31.9 Å². The summed E-state index contributed by atoms with van der Waals surface area (Å²) in [5, 5.41) is 8.55. The largest absolute Gasteiger partial charge is 0.396 e. The van der Waals surface area contributed by atoms with E-state index in [0.29, 0.717) is 6.42 Å². The number of hydrogen-bond donors (Lipinski definition) is 1. The molecule has 0 aromatic carbocycles. The van der Waals surface area contributed by atoms with Crippen LogP contribution < -0.4 is 0 Å². The van der Waals surface area contributed by atoms with Crippen molar-refractivity contribution in [3.63, 3.8) is 0 Å². The number of likely N-dealkylation sites (N-methyl/N-ethyl adjacent to an activating group) is 1. The number of halogens is 2. The first kappa shape index (κ1) is 19.2. The van der Waals surface area contributed by atoms with Crippen LogP contribution in [0, 0.1) is 0 Å². The molecule has 4 nitrogen and oxygen atoms in total. The van der Waals surface area contributed by atoms with E-state index in [2.05, 4.69) is 66.9 Å². The zero-order valence-corrected chi connectivity index (χ0v) is 16.0. The fraction of sp³-hybridized carbons (Fsp3) is 0.375. The molecular formula is C16H21Br2N3O. The Morgan fingerprint density at radius 2 is 1.41 bits per heavy atom. The molecule has 0 aliphatic rings. The van der Waals surface area contributed by atoms with Gasteiger partial charge >= 0.3 is 0 Å². The lowest BCUT2D eigenvalue weighted by molar-refractivity contribution is 0.299. The summed E-state index contributed by atoms with van der Waals surface area (Å²) in [4.78, 5) is 10.3. The number of aromatic nitrogens is 2. The Morgan fingerprint density at radius 3 is 1.77 bits per heavy atom. The summed E-state index contributed by atoms with van der Waals surface area (Å²) in [6, 6.07) is 7.88. The summed E-state index contributed by atoms with van der Waals surface area (Å²) < 4.78 is 1.73. The van der Waals surface area contributed by atoms with Crippen molar-refractivity contribution in [3.05, 3.63) is 57.0 Å². The molecule has 2 aromatic heterocycles. The maximum absolute atomic E-state index is 8.55. The molecule has 0 aliphatic heterocycles. The molecule has 120 valence electrons. The van der Waals surface area contributed by atoms with Gasteiger partial charge in [-0.25, -0.2) is 9.97 Å². The van der Waals surface area contributed by atoms with E-state index >= 15 is 0 Å². The summed E-state index contributed by atoms with van der Waals surface area (Å²) in [6.07, 6.45) is 5.40. The van der Waals surface area contributed by atoms with E-state index < -0.39 is 0 Å². The molecule has 0 saturated heterocycles. The smallest absolute Gasteiger partial charge is 0.106 e. The number of aliphatic hydroxyl groups is 1. The molecule has 22 heavy (non-hydrogen) atoms. The first-order valence-corrected chi connectivity index (χ1v) is 8.56. The number of pyridine rings is 2. The fourth-order valence-electron chi connectivity index (χ4n) is 1.59. The number of aliphatic hydroxyl groups excluding tert-OH is 1. The number of nitrogens with zero attached hydrogens (tertiary/aromatic N) is 3. The molecular weight excluding hydrogens is 410 g/mol. The Bertz CT molecular complexity index is 530. The van der Waals surface area contributed by atoms with Crippen LogP contribution in [-0.2, 0) is 12.8 Å². The van der Waals surface area contributed by atoms with Gasteiger partial charge in [0.25, 0.3) is 0 Å². The Kier molecular flexibility index (Phi) is 9.47. The molecule has 0 saturated carbocycles. The van der Waals surface area contributed by atoms with Gasteiger partial charge < -0.3 is 10.0 Å². The highest BCUT2D eigenvalue weighted by molar-refractivity contribution is 9.10. The monoisotopic (exact) mass is 429 g/mol. The van der Waals surface area contributed by atoms with Gasteiger partial charge in [-0.3, -0.25) is 0 Å². The summed E-state index contributed by atoms with van der Waals surface area (Å²) in [6.45, 7) is 1.26. The molecule has 0 bridgehead atoms. The van der Waals surface area contributed by atoms with Gasteiger partial charge in [-0.1, -0.05) is 12.1 Å². The number of hydrogen-bond acceptors (Lipinski definition) is 4. The molecule has 6 heteroatoms. The molecule has 0 aliphatic carbocycles. The minimum Gasteiger partial charge on any atom is -0.396 e. The van der Waals surface area contributed by atoms with Crippen LogP contribution in [0.4, 0.5) is 0 Å². The van der Waals surface area contributed by atoms with Crippen molar-refractivity contribution in [1.82, 2.24) is 14.9 Å². The van der Waals surface area contributed by atoms with Gasteiger partial charge in [0.05, 0.1) is 0 Å². The fourth-order valence-corrected chi connectivity index (χ4v) is 2.06. The van der Waals surface area contributed by atoms with Crippen LogP contribution in [0.25, 0.3) is 0 Å². The summed E-state index contributed by atoms with van der Waals surface area (Å²) >= 11 is 6.53. The lowest BCUT2D eigenvalue weighted by atomic mass is 10.2. The van der Waals surface area contributed by atoms with E-state index in [0.717, 1.165) is 27.7 Å². The zero-order chi connectivity index (χ0) is 16.4. The Morgan fingerprint density at radius 1 is 0.909 bits per heavy atom. The third-order valence-electron chi connectivity index (χ3n) is 2.83. The quantitative estimate of drug-likeness (QED) is 0.739. The van der Waals surface area contributed by atoms with Gasteiger partial charge in [0.2, 0.25) is 0 Å². The standard InChI is InChI=1S/C9H13BrN2.C7H8BrNO/c1-12(2)6-5-8-3-4-9(10)11-7-8;8-7-2-1-6(3-4-10)5-9-7/h3-4,7H,5-6H2,1-2H3;1-2,5,10H,3-4H2. The van der Waals surface area contributed by atoms with Crippen molar-refractivity contribution in [1.29, 1.82) is 0 Å². The van der Waals surface area contributed by atoms with Gasteiger partial charge in [-0.2, -0.15) is 0 Å². The normalized spacial score (nSPS) is 10.3. The van der Waals surface area contributed by atoms with Crippen molar-refractivity contribution < 1.29 is 5.11 Å². The minimum atomic E-state index is 0.184. The Hall–Kier alpha value is -0.820. The van der Waals surface area contributed by atoms with Gasteiger partial charge in [0.15, 0.2) is 0 Å². The second-order valence-corrected chi connectivity index (χ2v) is 6.63. The minimum absolute atomic E-state index is 0.184. The predicted molar refractivity (Wildman–Crippen MR) is 96.9 cm³/mol. The first-order valence-electron chi connectivity index (χ1n) is 6.97. The Labute approximate surface area is 148 Å². The highest BCUT2D eigenvalue weighted by Crippen LogP contribution is 2.07. The van der Waals surface area contributed by atoms with Crippen LogP contribution in [0.15, 0.2) is 45.9 Å². The van der Waals surface area contributed by atoms with Gasteiger partial charge in [0.1, 0.15) is 9.21 Å². The summed E-state index contributed by atoms with van der Waals surface area (Å²) in [5.74, 6) is 0. The van der Waals surface area contributed by atoms with E-state index in [-0.39, 0.29) is 6.61 Å². The SMILES string of the molecule is CN(C)CCc1ccc(Br)nc1.OCCc1ccc(Br)nc1. The molecule has 0 spiro atoms. The summed E-state index contributed by atoms with van der Waals surface area (Å²) in [7, 11) is 4.15. The topological polar surface area (TPSA) is 49.2 Å². The van der Waals surface area contributed by atoms with E-state index in [4.69, 9.17) is 5.11 Å². The van der Waals surface area contributed by atoms with Crippen molar-refractivity contribution in [3.8, 4) is 0 Å². The molecule has 0 radical (unpaired) electrons. The molecule has 2 aromatic rings. The molecule has 2 rings (SSSR count). The van der Waals surface area contributed by atoms with E-state index in [1.807, 2.05) is 24.4 Å². The lowest BCUT2D eigenvalue weighted by Crippen LogP contribution is -2.15. The third-order valence-corrected chi connectivity index (χ3v) is 3.76. The highest BCUT2D eigenvalue weighted by Gasteiger charge is 1.95. The second-order valence-electron chi connectivity index (χ2n) is 5.01. The lowest BCUT2D eigenvalue weighted by Gasteiger charge is -2.08. The zero-order valence-electron chi connectivity index (χ0n) is 12.8. The molecule has 1 N–H and O–H groups in total. The average Bonchev–Trinajstić information content (AvgIpc) is 2.50. The van der Waals surface area contributed by atoms with Crippen LogP contribution in [0.1, 0.15) is 11.1 Å². The van der Waals surface area contributed by atoms with E-state index in [1.165, 1.54) is 5.56 Å². The van der Waals surface area contributed by atoms with E-state index in [1.54, 1.807) is 6.20 Å². The molecule has 0 amide bonds. The van der Waals surface area contributed by atoms with Crippen molar-refractivity contribution in [2.75, 3.05) is 27.2 Å². The number of rotatable bonds is 5. The molecule has 0 fully saturated rings. The molecule has 2 heterocycles. The Balaban J connectivity index is 0.000000224. The van der Waals surface area contributed by atoms with Gasteiger partial charge in [-0.05, 0) is 82.1 Å². The van der Waals surface area contributed by atoms with Crippen LogP contribution in [0.5, 0.6) is 0 Å². The van der Waals surface area contributed by atoms with Gasteiger partial charge in [0, 0.05) is 25.5 Å². The van der Waals surface area contributed by atoms with Gasteiger partial charge in [-0.15, -0.1) is 0 Å². The van der Waals surface area contributed by atoms with Crippen LogP contribution in [0.3, 0.4) is 0 Å². The predicted octanol–water partition coefficient (Wildman–Crippen LogP) is 3.33. The summed E-state index contributed by atoms with van der Waals surface area (Å²) in [5.41, 5.74) is 2.35. The first-order chi connectivity index (χ1) is 10.5. The van der Waals surface area contributed by atoms with Crippen LogP contribution >= 0.6 is 31.9 Å². The van der Waals surface area contributed by atoms with E-state index in [9.17, 15) is 0 Å². The molecule has 0 atom stereocenters.